The highest BCUT2D eigenvalue weighted by molar-refractivity contribution is 5.50. The fourth-order valence-corrected chi connectivity index (χ4v) is 1.63. The van der Waals surface area contributed by atoms with Gasteiger partial charge in [0.05, 0.1) is 5.56 Å². The molecule has 0 spiro atoms. The summed E-state index contributed by atoms with van der Waals surface area (Å²) < 4.78 is 55.0. The molecule has 1 rings (SSSR count). The number of alkyl halides is 4. The molecule has 0 aromatic carbocycles. The maximum absolute atomic E-state index is 12.9. The van der Waals surface area contributed by atoms with E-state index in [1.807, 2.05) is 20.8 Å². The molecule has 1 heterocycles. The molecule has 0 aliphatic carbocycles. The van der Waals surface area contributed by atoms with Gasteiger partial charge in [-0.15, -0.1) is 0 Å². The molecule has 8 heteroatoms. The standard InChI is InChI=1S/C13H19F4N3O/c1-4-5-18-10-9(8(2)3)11(20-7-19-10)21-6-13(16,17)12(14)15/h7-8,12H,4-6H2,1-3H3,(H,18,19,20). The Balaban J connectivity index is 2.96. The zero-order valence-corrected chi connectivity index (χ0v) is 12.2. The van der Waals surface area contributed by atoms with Crippen LogP contribution >= 0.6 is 0 Å². The van der Waals surface area contributed by atoms with Crippen molar-refractivity contribution < 1.29 is 22.3 Å². The number of ether oxygens (including phenoxy) is 1. The summed E-state index contributed by atoms with van der Waals surface area (Å²) in [4.78, 5) is 7.82. The van der Waals surface area contributed by atoms with Gasteiger partial charge in [-0.1, -0.05) is 20.8 Å². The molecular formula is C13H19F4N3O. The second kappa shape index (κ2) is 7.42. The topological polar surface area (TPSA) is 47.0 Å². The Labute approximate surface area is 120 Å². The van der Waals surface area contributed by atoms with Crippen molar-refractivity contribution in [2.45, 2.75) is 45.5 Å². The first kappa shape index (κ1) is 17.5. The number of hydrogen-bond donors (Lipinski definition) is 1. The lowest BCUT2D eigenvalue weighted by atomic mass is 10.1. The second-order valence-electron chi connectivity index (χ2n) is 4.87. The van der Waals surface area contributed by atoms with Gasteiger partial charge in [0.15, 0.2) is 6.61 Å². The third-order valence-electron chi connectivity index (χ3n) is 2.69. The Morgan fingerprint density at radius 2 is 1.95 bits per heavy atom. The minimum Gasteiger partial charge on any atom is -0.471 e. The summed E-state index contributed by atoms with van der Waals surface area (Å²) >= 11 is 0. The van der Waals surface area contributed by atoms with E-state index >= 15 is 0 Å². The SMILES string of the molecule is CCCNc1ncnc(OCC(F)(F)C(F)F)c1C(C)C. The van der Waals surface area contributed by atoms with E-state index in [4.69, 9.17) is 4.74 Å². The minimum atomic E-state index is -4.21. The van der Waals surface area contributed by atoms with E-state index in [-0.39, 0.29) is 11.8 Å². The summed E-state index contributed by atoms with van der Waals surface area (Å²) in [6.45, 7) is 4.81. The highest BCUT2D eigenvalue weighted by Crippen LogP contribution is 2.31. The van der Waals surface area contributed by atoms with Gasteiger partial charge in [-0.3, -0.25) is 0 Å². The third-order valence-corrected chi connectivity index (χ3v) is 2.69. The number of aromatic nitrogens is 2. The lowest BCUT2D eigenvalue weighted by Gasteiger charge is -2.19. The Kier molecular flexibility index (Phi) is 6.17. The van der Waals surface area contributed by atoms with Gasteiger partial charge in [-0.25, -0.2) is 18.7 Å². The van der Waals surface area contributed by atoms with Gasteiger partial charge < -0.3 is 10.1 Å². The van der Waals surface area contributed by atoms with Crippen LogP contribution in [0.5, 0.6) is 5.88 Å². The van der Waals surface area contributed by atoms with Gasteiger partial charge in [-0.2, -0.15) is 8.78 Å². The summed E-state index contributed by atoms with van der Waals surface area (Å²) in [5.74, 6) is -3.95. The molecule has 0 atom stereocenters. The predicted octanol–water partition coefficient (Wildman–Crippen LogP) is 3.70. The first-order chi connectivity index (χ1) is 9.79. The molecule has 1 N–H and O–H groups in total. The van der Waals surface area contributed by atoms with Gasteiger partial charge in [-0.05, 0) is 12.3 Å². The average Bonchev–Trinajstić information content (AvgIpc) is 2.42. The fourth-order valence-electron chi connectivity index (χ4n) is 1.63. The predicted molar refractivity (Wildman–Crippen MR) is 71.3 cm³/mol. The van der Waals surface area contributed by atoms with Crippen molar-refractivity contribution in [2.24, 2.45) is 0 Å². The van der Waals surface area contributed by atoms with Gasteiger partial charge in [0.25, 0.3) is 0 Å². The highest BCUT2D eigenvalue weighted by atomic mass is 19.3. The first-order valence-corrected chi connectivity index (χ1v) is 6.67. The van der Waals surface area contributed by atoms with Gasteiger partial charge in [0.2, 0.25) is 5.88 Å². The lowest BCUT2D eigenvalue weighted by Crippen LogP contribution is -2.34. The van der Waals surface area contributed by atoms with Crippen molar-refractivity contribution in [2.75, 3.05) is 18.5 Å². The largest absolute Gasteiger partial charge is 0.471 e. The monoisotopic (exact) mass is 309 g/mol. The minimum absolute atomic E-state index is 0.0982. The van der Waals surface area contributed by atoms with Crippen LogP contribution in [0.15, 0.2) is 6.33 Å². The second-order valence-corrected chi connectivity index (χ2v) is 4.87. The number of nitrogens with one attached hydrogen (secondary N) is 1. The van der Waals surface area contributed by atoms with E-state index in [1.54, 1.807) is 0 Å². The average molecular weight is 309 g/mol. The number of anilines is 1. The molecule has 0 bridgehead atoms. The zero-order valence-electron chi connectivity index (χ0n) is 12.2. The van der Waals surface area contributed by atoms with Crippen LogP contribution in [-0.4, -0.2) is 35.5 Å². The molecule has 21 heavy (non-hydrogen) atoms. The molecule has 0 fully saturated rings. The number of hydrogen-bond acceptors (Lipinski definition) is 4. The summed E-state index contributed by atoms with van der Waals surface area (Å²) in [5.41, 5.74) is 0.496. The summed E-state index contributed by atoms with van der Waals surface area (Å²) in [5, 5.41) is 3.04. The van der Waals surface area contributed by atoms with Gasteiger partial charge in [0, 0.05) is 6.54 Å². The van der Waals surface area contributed by atoms with Crippen molar-refractivity contribution >= 4 is 5.82 Å². The molecule has 0 aliphatic heterocycles. The van der Waals surface area contributed by atoms with Crippen LogP contribution in [0.2, 0.25) is 0 Å². The molecule has 4 nitrogen and oxygen atoms in total. The Hall–Kier alpha value is -1.60. The highest BCUT2D eigenvalue weighted by Gasteiger charge is 2.42. The first-order valence-electron chi connectivity index (χ1n) is 6.67. The van der Waals surface area contributed by atoms with Crippen molar-refractivity contribution in [1.29, 1.82) is 0 Å². The molecule has 1 aromatic heterocycles. The number of nitrogens with zero attached hydrogens (tertiary/aromatic N) is 2. The van der Waals surface area contributed by atoms with Gasteiger partial charge >= 0.3 is 12.3 Å². The molecule has 0 radical (unpaired) electrons. The zero-order chi connectivity index (χ0) is 16.0. The molecule has 1 aromatic rings. The van der Waals surface area contributed by atoms with E-state index < -0.39 is 19.0 Å². The molecule has 0 saturated carbocycles. The molecule has 0 unspecified atom stereocenters. The van der Waals surface area contributed by atoms with Crippen LogP contribution in [0.1, 0.15) is 38.7 Å². The van der Waals surface area contributed by atoms with Crippen LogP contribution < -0.4 is 10.1 Å². The molecule has 0 saturated heterocycles. The van der Waals surface area contributed by atoms with Crippen molar-refractivity contribution in [3.05, 3.63) is 11.9 Å². The van der Waals surface area contributed by atoms with Crippen LogP contribution in [-0.2, 0) is 0 Å². The molecule has 0 aliphatic rings. The Morgan fingerprint density at radius 1 is 1.29 bits per heavy atom. The maximum atomic E-state index is 12.9. The van der Waals surface area contributed by atoms with Crippen molar-refractivity contribution in [3.8, 4) is 5.88 Å². The van der Waals surface area contributed by atoms with Gasteiger partial charge in [0.1, 0.15) is 12.1 Å². The summed E-state index contributed by atoms with van der Waals surface area (Å²) in [7, 11) is 0. The Bertz CT molecular complexity index is 455. The Morgan fingerprint density at radius 3 is 2.48 bits per heavy atom. The fraction of sp³-hybridized carbons (Fsp3) is 0.692. The summed E-state index contributed by atoms with van der Waals surface area (Å²) in [6, 6.07) is 0. The summed E-state index contributed by atoms with van der Waals surface area (Å²) in [6.07, 6.45) is -1.78. The lowest BCUT2D eigenvalue weighted by molar-refractivity contribution is -0.148. The molecular weight excluding hydrogens is 290 g/mol. The molecule has 120 valence electrons. The molecule has 0 amide bonds. The van der Waals surface area contributed by atoms with E-state index in [2.05, 4.69) is 15.3 Å². The number of rotatable bonds is 8. The quantitative estimate of drug-likeness (QED) is 0.744. The maximum Gasteiger partial charge on any atom is 0.340 e. The normalized spacial score (nSPS) is 12.0. The van der Waals surface area contributed by atoms with Crippen LogP contribution in [0.4, 0.5) is 23.4 Å². The van der Waals surface area contributed by atoms with Crippen molar-refractivity contribution in [1.82, 2.24) is 9.97 Å². The number of halogens is 4. The van der Waals surface area contributed by atoms with Crippen LogP contribution in [0.3, 0.4) is 0 Å². The van der Waals surface area contributed by atoms with Crippen LogP contribution in [0.25, 0.3) is 0 Å². The van der Waals surface area contributed by atoms with E-state index in [0.717, 1.165) is 12.7 Å². The van der Waals surface area contributed by atoms with E-state index in [9.17, 15) is 17.6 Å². The smallest absolute Gasteiger partial charge is 0.340 e. The van der Waals surface area contributed by atoms with Crippen LogP contribution in [0, 0.1) is 0 Å². The van der Waals surface area contributed by atoms with Crippen molar-refractivity contribution in [3.63, 3.8) is 0 Å². The van der Waals surface area contributed by atoms with E-state index in [0.29, 0.717) is 17.9 Å². The van der Waals surface area contributed by atoms with E-state index in [1.165, 1.54) is 0 Å². The third kappa shape index (κ3) is 4.71.